The number of carbonyl (C=O) groups excluding carboxylic acids is 2. The highest BCUT2D eigenvalue weighted by atomic mass is 16.5. The summed E-state index contributed by atoms with van der Waals surface area (Å²) in [7, 11) is 1.56. The first-order chi connectivity index (χ1) is 10.1. The average molecular weight is 290 g/mol. The number of benzene rings is 1. The van der Waals surface area contributed by atoms with Crippen molar-refractivity contribution in [2.24, 2.45) is 0 Å². The maximum absolute atomic E-state index is 12.2. The van der Waals surface area contributed by atoms with Gasteiger partial charge in [0.2, 0.25) is 5.91 Å². The third-order valence-corrected chi connectivity index (χ3v) is 3.70. The molecular formula is C16H22N2O3. The molecule has 1 aliphatic rings. The minimum Gasteiger partial charge on any atom is -0.496 e. The van der Waals surface area contributed by atoms with Gasteiger partial charge in [-0.05, 0) is 44.5 Å². The van der Waals surface area contributed by atoms with Gasteiger partial charge >= 0.3 is 0 Å². The highest BCUT2D eigenvalue weighted by Crippen LogP contribution is 2.21. The zero-order chi connectivity index (χ0) is 15.2. The fraction of sp³-hybridized carbons (Fsp3) is 0.500. The number of ether oxygens (including phenoxy) is 1. The van der Waals surface area contributed by atoms with Crippen molar-refractivity contribution < 1.29 is 14.3 Å². The maximum atomic E-state index is 12.2. The highest BCUT2D eigenvalue weighted by Gasteiger charge is 2.17. The van der Waals surface area contributed by atoms with Gasteiger partial charge in [-0.3, -0.25) is 9.59 Å². The predicted molar refractivity (Wildman–Crippen MR) is 80.7 cm³/mol. The van der Waals surface area contributed by atoms with Crippen LogP contribution in [-0.4, -0.2) is 37.9 Å². The minimum absolute atomic E-state index is 0.0178. The lowest BCUT2D eigenvalue weighted by Crippen LogP contribution is -2.46. The summed E-state index contributed by atoms with van der Waals surface area (Å²) < 4.78 is 5.27. The highest BCUT2D eigenvalue weighted by molar-refractivity contribution is 5.94. The molecule has 21 heavy (non-hydrogen) atoms. The van der Waals surface area contributed by atoms with E-state index in [1.807, 2.05) is 0 Å². The lowest BCUT2D eigenvalue weighted by atomic mass is 10.0. The van der Waals surface area contributed by atoms with E-state index in [2.05, 4.69) is 10.6 Å². The lowest BCUT2D eigenvalue weighted by molar-refractivity contribution is -0.121. The van der Waals surface area contributed by atoms with Crippen molar-refractivity contribution in [3.05, 3.63) is 29.3 Å². The predicted octanol–water partition coefficient (Wildman–Crippen LogP) is 1.31. The molecule has 114 valence electrons. The Kier molecular flexibility index (Phi) is 5.33. The fourth-order valence-corrected chi connectivity index (χ4v) is 2.56. The molecule has 1 saturated heterocycles. The molecular weight excluding hydrogens is 268 g/mol. The zero-order valence-corrected chi connectivity index (χ0v) is 12.6. The summed E-state index contributed by atoms with van der Waals surface area (Å²) in [5.41, 5.74) is 1.34. The lowest BCUT2D eigenvalue weighted by Gasteiger charge is -2.24. The second kappa shape index (κ2) is 7.22. The van der Waals surface area contributed by atoms with E-state index in [1.165, 1.54) is 6.92 Å². The average Bonchev–Trinajstić information content (AvgIpc) is 2.48. The molecule has 0 bridgehead atoms. The number of rotatable bonds is 5. The second-order valence-electron chi connectivity index (χ2n) is 5.37. The van der Waals surface area contributed by atoms with Crippen molar-refractivity contribution in [1.29, 1.82) is 0 Å². The molecule has 1 unspecified atom stereocenters. The van der Waals surface area contributed by atoms with Gasteiger partial charge in [-0.1, -0.05) is 0 Å². The monoisotopic (exact) mass is 290 g/mol. The standard InChI is InChI=1S/C16H22N2O3/c1-11(19)12-5-6-15(21-2)13(8-12)9-16(20)18-14-4-3-7-17-10-14/h5-6,8,14,17H,3-4,7,9-10H2,1-2H3,(H,18,20). The van der Waals surface area contributed by atoms with Crippen molar-refractivity contribution in [3.63, 3.8) is 0 Å². The van der Waals surface area contributed by atoms with Gasteiger partial charge < -0.3 is 15.4 Å². The third kappa shape index (κ3) is 4.29. The quantitative estimate of drug-likeness (QED) is 0.802. The van der Waals surface area contributed by atoms with Gasteiger partial charge in [0, 0.05) is 23.7 Å². The molecule has 0 spiro atoms. The third-order valence-electron chi connectivity index (χ3n) is 3.70. The van der Waals surface area contributed by atoms with E-state index >= 15 is 0 Å². The molecule has 5 nitrogen and oxygen atoms in total. The molecule has 0 radical (unpaired) electrons. The molecule has 1 atom stereocenters. The molecule has 1 amide bonds. The molecule has 2 rings (SSSR count). The van der Waals surface area contributed by atoms with Crippen LogP contribution in [0.25, 0.3) is 0 Å². The van der Waals surface area contributed by atoms with Crippen LogP contribution >= 0.6 is 0 Å². The van der Waals surface area contributed by atoms with Crippen LogP contribution < -0.4 is 15.4 Å². The summed E-state index contributed by atoms with van der Waals surface area (Å²) in [4.78, 5) is 23.6. The largest absolute Gasteiger partial charge is 0.496 e. The van der Waals surface area contributed by atoms with Gasteiger partial charge in [0.25, 0.3) is 0 Å². The van der Waals surface area contributed by atoms with Crippen molar-refractivity contribution in [2.75, 3.05) is 20.2 Å². The van der Waals surface area contributed by atoms with Crippen LogP contribution in [0.15, 0.2) is 18.2 Å². The van der Waals surface area contributed by atoms with Gasteiger partial charge in [0.05, 0.1) is 13.5 Å². The van der Waals surface area contributed by atoms with Gasteiger partial charge in [-0.25, -0.2) is 0 Å². The number of Topliss-reactive ketones (excluding diaryl/α,β-unsaturated/α-hetero) is 1. The molecule has 1 fully saturated rings. The Morgan fingerprint density at radius 1 is 1.43 bits per heavy atom. The number of methoxy groups -OCH3 is 1. The topological polar surface area (TPSA) is 67.4 Å². The Morgan fingerprint density at radius 2 is 2.24 bits per heavy atom. The zero-order valence-electron chi connectivity index (χ0n) is 12.6. The van der Waals surface area contributed by atoms with E-state index < -0.39 is 0 Å². The van der Waals surface area contributed by atoms with Gasteiger partial charge in [0.1, 0.15) is 5.75 Å². The van der Waals surface area contributed by atoms with Crippen LogP contribution in [0.1, 0.15) is 35.7 Å². The van der Waals surface area contributed by atoms with E-state index in [4.69, 9.17) is 4.74 Å². The fourth-order valence-electron chi connectivity index (χ4n) is 2.56. The van der Waals surface area contributed by atoms with Crippen LogP contribution in [0.5, 0.6) is 5.75 Å². The molecule has 0 aromatic heterocycles. The molecule has 5 heteroatoms. The van der Waals surface area contributed by atoms with Gasteiger partial charge in [0.15, 0.2) is 5.78 Å². The first-order valence-electron chi connectivity index (χ1n) is 7.28. The maximum Gasteiger partial charge on any atom is 0.224 e. The normalized spacial score (nSPS) is 18.1. The molecule has 1 aliphatic heterocycles. The minimum atomic E-state index is -0.0392. The summed E-state index contributed by atoms with van der Waals surface area (Å²) in [5.74, 6) is 0.579. The number of amides is 1. The number of carbonyl (C=O) groups is 2. The molecule has 1 aromatic rings. The molecule has 0 aliphatic carbocycles. The van der Waals surface area contributed by atoms with Crippen LogP contribution in [0.3, 0.4) is 0 Å². The number of hydrogen-bond donors (Lipinski definition) is 2. The van der Waals surface area contributed by atoms with Crippen molar-refractivity contribution in [3.8, 4) is 5.75 Å². The summed E-state index contributed by atoms with van der Waals surface area (Å²) in [6, 6.07) is 5.38. The number of ketones is 1. The van der Waals surface area contributed by atoms with Crippen LogP contribution in [0.4, 0.5) is 0 Å². The smallest absolute Gasteiger partial charge is 0.224 e. The Balaban J connectivity index is 2.04. The van der Waals surface area contributed by atoms with Crippen LogP contribution in [0.2, 0.25) is 0 Å². The molecule has 1 aromatic carbocycles. The van der Waals surface area contributed by atoms with Crippen molar-refractivity contribution in [1.82, 2.24) is 10.6 Å². The van der Waals surface area contributed by atoms with E-state index in [0.717, 1.165) is 31.5 Å². The van der Waals surface area contributed by atoms with Gasteiger partial charge in [-0.15, -0.1) is 0 Å². The molecule has 2 N–H and O–H groups in total. The van der Waals surface area contributed by atoms with Crippen LogP contribution in [-0.2, 0) is 11.2 Å². The summed E-state index contributed by atoms with van der Waals surface area (Å²) in [6.07, 6.45) is 2.30. The summed E-state index contributed by atoms with van der Waals surface area (Å²) in [6.45, 7) is 3.34. The van der Waals surface area contributed by atoms with Crippen LogP contribution in [0, 0.1) is 0 Å². The number of piperidine rings is 1. The first kappa shape index (κ1) is 15.5. The molecule has 0 saturated carbocycles. The number of hydrogen-bond acceptors (Lipinski definition) is 4. The molecule has 1 heterocycles. The Labute approximate surface area is 125 Å². The van der Waals surface area contributed by atoms with Crippen molar-refractivity contribution >= 4 is 11.7 Å². The van der Waals surface area contributed by atoms with E-state index in [0.29, 0.717) is 11.3 Å². The Hall–Kier alpha value is -1.88. The SMILES string of the molecule is COc1ccc(C(C)=O)cc1CC(=O)NC1CCCNC1. The van der Waals surface area contributed by atoms with Gasteiger partial charge in [-0.2, -0.15) is 0 Å². The summed E-state index contributed by atoms with van der Waals surface area (Å²) in [5, 5.41) is 6.29. The van der Waals surface area contributed by atoms with E-state index in [1.54, 1.807) is 25.3 Å². The summed E-state index contributed by atoms with van der Waals surface area (Å²) >= 11 is 0. The first-order valence-corrected chi connectivity index (χ1v) is 7.28. The second-order valence-corrected chi connectivity index (χ2v) is 5.37. The van der Waals surface area contributed by atoms with Crippen molar-refractivity contribution in [2.45, 2.75) is 32.2 Å². The Bertz CT molecular complexity index is 522. The van der Waals surface area contributed by atoms with E-state index in [9.17, 15) is 9.59 Å². The Morgan fingerprint density at radius 3 is 2.86 bits per heavy atom. The van der Waals surface area contributed by atoms with E-state index in [-0.39, 0.29) is 24.2 Å². The number of nitrogens with one attached hydrogen (secondary N) is 2.